The molecule has 0 bridgehead atoms. The van der Waals surface area contributed by atoms with Crippen LogP contribution in [0.4, 0.5) is 0 Å². The zero-order chi connectivity index (χ0) is 25.7. The van der Waals surface area contributed by atoms with Crippen molar-refractivity contribution in [1.82, 2.24) is 0 Å². The summed E-state index contributed by atoms with van der Waals surface area (Å²) < 4.78 is 18.5. The van der Waals surface area contributed by atoms with Crippen LogP contribution in [-0.2, 0) is 27.3 Å². The van der Waals surface area contributed by atoms with Crippen LogP contribution in [0.1, 0.15) is 11.1 Å². The first kappa shape index (κ1) is 26.9. The number of hydrogen-bond donors (Lipinski definition) is 2. The molecule has 7 heteroatoms. The quantitative estimate of drug-likeness (QED) is 0.262. The van der Waals surface area contributed by atoms with Crippen molar-refractivity contribution in [2.75, 3.05) is 26.3 Å². The van der Waals surface area contributed by atoms with Gasteiger partial charge >= 0.3 is 13.8 Å². The van der Waals surface area contributed by atoms with Gasteiger partial charge in [-0.25, -0.2) is 0 Å². The third-order valence-corrected chi connectivity index (χ3v) is 6.13. The van der Waals surface area contributed by atoms with Crippen molar-refractivity contribution in [2.24, 2.45) is 11.5 Å². The van der Waals surface area contributed by atoms with Crippen LogP contribution in [0.25, 0.3) is 0 Å². The van der Waals surface area contributed by atoms with E-state index in [4.69, 9.17) is 25.5 Å². The summed E-state index contributed by atoms with van der Waals surface area (Å²) in [5.74, 6) is 0. The molecule has 0 amide bonds. The Morgan fingerprint density at radius 2 is 1.11 bits per heavy atom. The largest absolute Gasteiger partial charge is 0.426 e. The highest BCUT2D eigenvalue weighted by atomic mass is 16.5. The summed E-state index contributed by atoms with van der Waals surface area (Å²) in [7, 11) is 0. The van der Waals surface area contributed by atoms with E-state index < -0.39 is 0 Å². The fourth-order valence-electron chi connectivity index (χ4n) is 4.42. The summed E-state index contributed by atoms with van der Waals surface area (Å²) in [6, 6.07) is 37.1. The van der Waals surface area contributed by atoms with Gasteiger partial charge in [0, 0.05) is 26.3 Å². The monoisotopic (exact) mass is 492 g/mol. The first-order valence-electron chi connectivity index (χ1n) is 12.8. The fourth-order valence-corrected chi connectivity index (χ4v) is 4.42. The maximum absolute atomic E-state index is 6.22. The van der Waals surface area contributed by atoms with E-state index in [0.717, 1.165) is 33.0 Å². The molecule has 0 radical (unpaired) electrons. The van der Waals surface area contributed by atoms with E-state index in [9.17, 15) is 0 Å². The lowest BCUT2D eigenvalue weighted by Gasteiger charge is -2.19. The number of rotatable bonds is 14. The van der Waals surface area contributed by atoms with Gasteiger partial charge < -0.3 is 25.5 Å². The van der Waals surface area contributed by atoms with Crippen molar-refractivity contribution in [3.05, 3.63) is 120 Å². The Hall–Kier alpha value is -3.19. The number of hydrogen-bond acceptors (Lipinski definition) is 5. The Labute approximate surface area is 221 Å². The van der Waals surface area contributed by atoms with Gasteiger partial charge in [-0.2, -0.15) is 0 Å². The molecule has 0 saturated heterocycles. The van der Waals surface area contributed by atoms with E-state index in [2.05, 4.69) is 60.7 Å². The van der Waals surface area contributed by atoms with E-state index in [0.29, 0.717) is 39.5 Å². The minimum atomic E-state index is -0.195. The fraction of sp³-hybridized carbons (Fsp3) is 0.200. The molecule has 5 nitrogen and oxygen atoms in total. The second-order valence-electron chi connectivity index (χ2n) is 8.84. The lowest BCUT2D eigenvalue weighted by atomic mass is 9.54. The third kappa shape index (κ3) is 7.65. The van der Waals surface area contributed by atoms with Crippen LogP contribution in [0, 0.1) is 0 Å². The molecule has 4 rings (SSSR count). The Kier molecular flexibility index (Phi) is 10.5. The Bertz CT molecular complexity index is 1210. The average molecular weight is 492 g/mol. The van der Waals surface area contributed by atoms with Gasteiger partial charge in [0.15, 0.2) is 0 Å². The highest BCUT2D eigenvalue weighted by Gasteiger charge is 2.24. The molecule has 0 atom stereocenters. The topological polar surface area (TPSA) is 79.7 Å². The van der Waals surface area contributed by atoms with Crippen molar-refractivity contribution >= 4 is 35.7 Å². The Morgan fingerprint density at radius 3 is 1.78 bits per heavy atom. The zero-order valence-corrected chi connectivity index (χ0v) is 21.2. The highest BCUT2D eigenvalue weighted by Crippen LogP contribution is 2.07. The van der Waals surface area contributed by atoms with Crippen molar-refractivity contribution < 1.29 is 14.0 Å². The van der Waals surface area contributed by atoms with Crippen molar-refractivity contribution in [2.45, 2.75) is 13.2 Å². The smallest absolute Gasteiger partial charge is 0.362 e. The Balaban J connectivity index is 1.48. The van der Waals surface area contributed by atoms with Gasteiger partial charge in [0.05, 0.1) is 13.2 Å². The first-order valence-corrected chi connectivity index (χ1v) is 12.8. The summed E-state index contributed by atoms with van der Waals surface area (Å²) >= 11 is 0. The lowest BCUT2D eigenvalue weighted by Crippen LogP contribution is -2.47. The molecule has 0 spiro atoms. The van der Waals surface area contributed by atoms with Crippen molar-refractivity contribution in [1.29, 1.82) is 0 Å². The molecule has 4 aromatic carbocycles. The molecule has 0 heterocycles. The molecule has 0 saturated carbocycles. The molecule has 0 aliphatic heterocycles. The van der Waals surface area contributed by atoms with Gasteiger partial charge in [-0.3, -0.25) is 0 Å². The summed E-state index contributed by atoms with van der Waals surface area (Å²) in [4.78, 5) is 0. The molecule has 0 aromatic heterocycles. The molecule has 0 unspecified atom stereocenters. The van der Waals surface area contributed by atoms with Crippen LogP contribution in [0.5, 0.6) is 0 Å². The van der Waals surface area contributed by atoms with Crippen LogP contribution in [0.2, 0.25) is 0 Å². The summed E-state index contributed by atoms with van der Waals surface area (Å²) in [6.07, 6.45) is 0. The maximum atomic E-state index is 6.22. The molecule has 0 aliphatic carbocycles. The second-order valence-corrected chi connectivity index (χ2v) is 8.84. The predicted octanol–water partition coefficient (Wildman–Crippen LogP) is 1.57. The van der Waals surface area contributed by atoms with E-state index in [1.54, 1.807) is 0 Å². The van der Waals surface area contributed by atoms with E-state index in [1.165, 1.54) is 0 Å². The zero-order valence-electron chi connectivity index (χ0n) is 21.2. The van der Waals surface area contributed by atoms with Crippen molar-refractivity contribution in [3.8, 4) is 0 Å². The number of benzene rings is 4. The van der Waals surface area contributed by atoms with E-state index in [-0.39, 0.29) is 13.8 Å². The lowest BCUT2D eigenvalue weighted by molar-refractivity contribution is 0.107. The molecular weight excluding hydrogens is 458 g/mol. The van der Waals surface area contributed by atoms with Crippen LogP contribution in [0.3, 0.4) is 0 Å². The second kappa shape index (κ2) is 14.5. The standard InChI is InChI=1S/C30H34B2N2O3/c33-18-20-36-31(27-12-3-1-4-13-27)29-16-9-10-25(22-29)23-35-24-26-11-7-8-17-30(26)32(37-21-19-34)28-14-5-2-6-15-28/h1-17,22H,18-21,23-24,33-34H2. The highest BCUT2D eigenvalue weighted by molar-refractivity contribution is 6.80. The molecule has 4 aromatic rings. The van der Waals surface area contributed by atoms with E-state index >= 15 is 0 Å². The SMILES string of the molecule is NCCOB(c1ccccc1)c1cccc(COCc2ccccc2B(OCCN)c2ccccc2)c1. The molecule has 0 fully saturated rings. The summed E-state index contributed by atoms with van der Waals surface area (Å²) in [6.45, 7) is 2.52. The number of ether oxygens (including phenoxy) is 1. The minimum absolute atomic E-state index is 0.170. The molecule has 37 heavy (non-hydrogen) atoms. The minimum Gasteiger partial charge on any atom is -0.426 e. The number of nitrogens with two attached hydrogens (primary N) is 2. The maximum Gasteiger partial charge on any atom is 0.362 e. The van der Waals surface area contributed by atoms with Gasteiger partial charge in [0.25, 0.3) is 0 Å². The first-order chi connectivity index (χ1) is 18.3. The average Bonchev–Trinajstić information content (AvgIpc) is 2.96. The summed E-state index contributed by atoms with van der Waals surface area (Å²) in [5, 5.41) is 0. The van der Waals surface area contributed by atoms with Gasteiger partial charge in [-0.15, -0.1) is 0 Å². The molecule has 4 N–H and O–H groups in total. The normalized spacial score (nSPS) is 10.9. The summed E-state index contributed by atoms with van der Waals surface area (Å²) in [5.41, 5.74) is 18.0. The van der Waals surface area contributed by atoms with Crippen molar-refractivity contribution in [3.63, 3.8) is 0 Å². The van der Waals surface area contributed by atoms with Gasteiger partial charge in [-0.05, 0) is 33.0 Å². The third-order valence-electron chi connectivity index (χ3n) is 6.13. The van der Waals surface area contributed by atoms with Crippen LogP contribution >= 0.6 is 0 Å². The van der Waals surface area contributed by atoms with Crippen LogP contribution in [0.15, 0.2) is 109 Å². The van der Waals surface area contributed by atoms with Gasteiger partial charge in [0.2, 0.25) is 0 Å². The van der Waals surface area contributed by atoms with Crippen LogP contribution < -0.4 is 33.3 Å². The van der Waals surface area contributed by atoms with Gasteiger partial charge in [-0.1, -0.05) is 109 Å². The predicted molar refractivity (Wildman–Crippen MR) is 154 cm³/mol. The molecule has 188 valence electrons. The van der Waals surface area contributed by atoms with Gasteiger partial charge in [0.1, 0.15) is 0 Å². The molecule has 0 aliphatic rings. The van der Waals surface area contributed by atoms with Crippen LogP contribution in [-0.4, -0.2) is 40.1 Å². The van der Waals surface area contributed by atoms with E-state index in [1.807, 2.05) is 48.5 Å². The molecular formula is C30H34B2N2O3. The Morgan fingerprint density at radius 1 is 0.541 bits per heavy atom.